The number of halogens is 2. The molecule has 1 N–H and O–H groups in total. The Morgan fingerprint density at radius 2 is 2.14 bits per heavy atom. The minimum absolute atomic E-state index is 0.0606. The first-order valence-electron chi connectivity index (χ1n) is 4.26. The second kappa shape index (κ2) is 4.98. The van der Waals surface area contributed by atoms with Crippen molar-refractivity contribution in [3.63, 3.8) is 0 Å². The lowest BCUT2D eigenvalue weighted by Gasteiger charge is -2.08. The van der Waals surface area contributed by atoms with E-state index in [1.54, 1.807) is 18.2 Å². The minimum atomic E-state index is -0.0606. The summed E-state index contributed by atoms with van der Waals surface area (Å²) in [7, 11) is 0. The Hall–Kier alpha value is -0.290. The molecule has 0 radical (unpaired) electrons. The van der Waals surface area contributed by atoms with E-state index < -0.39 is 0 Å². The SMILES string of the molecule is CC(C)NC(=O)c1ccc(Cl)c(I)c1. The van der Waals surface area contributed by atoms with Gasteiger partial charge in [-0.3, -0.25) is 4.79 Å². The number of benzene rings is 1. The average Bonchev–Trinajstić information content (AvgIpc) is 2.08. The molecule has 2 nitrogen and oxygen atoms in total. The number of carbonyl (C=O) groups is 1. The van der Waals surface area contributed by atoms with Gasteiger partial charge in [0.2, 0.25) is 0 Å². The summed E-state index contributed by atoms with van der Waals surface area (Å²) in [6.45, 7) is 3.86. The van der Waals surface area contributed by atoms with Crippen LogP contribution in [0.2, 0.25) is 5.02 Å². The van der Waals surface area contributed by atoms with Gasteiger partial charge in [0, 0.05) is 15.2 Å². The summed E-state index contributed by atoms with van der Waals surface area (Å²) in [4.78, 5) is 11.6. The lowest BCUT2D eigenvalue weighted by Crippen LogP contribution is -2.30. The molecule has 0 atom stereocenters. The summed E-state index contributed by atoms with van der Waals surface area (Å²) in [6.07, 6.45) is 0. The average molecular weight is 324 g/mol. The van der Waals surface area contributed by atoms with Crippen LogP contribution in [0.3, 0.4) is 0 Å². The predicted molar refractivity (Wildman–Crippen MR) is 66.8 cm³/mol. The molecule has 0 aliphatic heterocycles. The second-order valence-corrected chi connectivity index (χ2v) is 4.83. The Labute approximate surface area is 102 Å². The molecule has 0 unspecified atom stereocenters. The quantitative estimate of drug-likeness (QED) is 0.833. The zero-order valence-corrected chi connectivity index (χ0v) is 10.9. The third kappa shape index (κ3) is 3.13. The molecule has 0 fully saturated rings. The zero-order valence-electron chi connectivity index (χ0n) is 7.97. The highest BCUT2D eigenvalue weighted by Crippen LogP contribution is 2.19. The van der Waals surface area contributed by atoms with E-state index in [9.17, 15) is 4.79 Å². The van der Waals surface area contributed by atoms with Gasteiger partial charge in [0.1, 0.15) is 0 Å². The minimum Gasteiger partial charge on any atom is -0.350 e. The molecule has 1 aromatic carbocycles. The molecular weight excluding hydrogens is 312 g/mol. The summed E-state index contributed by atoms with van der Waals surface area (Å²) in [5.41, 5.74) is 0.646. The molecule has 4 heteroatoms. The van der Waals surface area contributed by atoms with Gasteiger partial charge in [-0.2, -0.15) is 0 Å². The molecule has 0 aromatic heterocycles. The molecule has 0 aliphatic rings. The number of rotatable bonds is 2. The Kier molecular flexibility index (Phi) is 4.19. The molecule has 0 saturated carbocycles. The van der Waals surface area contributed by atoms with E-state index in [2.05, 4.69) is 27.9 Å². The monoisotopic (exact) mass is 323 g/mol. The van der Waals surface area contributed by atoms with Crippen LogP contribution in [0.4, 0.5) is 0 Å². The van der Waals surface area contributed by atoms with Crippen molar-refractivity contribution in [2.45, 2.75) is 19.9 Å². The summed E-state index contributed by atoms with van der Waals surface area (Å²) < 4.78 is 0.890. The normalized spacial score (nSPS) is 10.4. The Bertz CT molecular complexity index is 352. The third-order valence-corrected chi connectivity index (χ3v) is 3.14. The molecule has 0 aliphatic carbocycles. The van der Waals surface area contributed by atoms with E-state index in [0.717, 1.165) is 3.57 Å². The highest BCUT2D eigenvalue weighted by molar-refractivity contribution is 14.1. The van der Waals surface area contributed by atoms with Gasteiger partial charge < -0.3 is 5.32 Å². The van der Waals surface area contributed by atoms with Crippen molar-refractivity contribution in [2.75, 3.05) is 0 Å². The van der Waals surface area contributed by atoms with Crippen LogP contribution in [0.1, 0.15) is 24.2 Å². The molecule has 0 saturated heterocycles. The van der Waals surface area contributed by atoms with Crippen LogP contribution in [-0.2, 0) is 0 Å². The van der Waals surface area contributed by atoms with Gasteiger partial charge in [0.25, 0.3) is 5.91 Å². The highest BCUT2D eigenvalue weighted by atomic mass is 127. The molecule has 1 amide bonds. The lowest BCUT2D eigenvalue weighted by atomic mass is 10.2. The number of hydrogen-bond acceptors (Lipinski definition) is 1. The van der Waals surface area contributed by atoms with Crippen LogP contribution in [0.25, 0.3) is 0 Å². The van der Waals surface area contributed by atoms with Gasteiger partial charge in [0.15, 0.2) is 0 Å². The molecule has 76 valence electrons. The lowest BCUT2D eigenvalue weighted by molar-refractivity contribution is 0.0943. The van der Waals surface area contributed by atoms with Crippen LogP contribution >= 0.6 is 34.2 Å². The Morgan fingerprint density at radius 3 is 2.64 bits per heavy atom. The van der Waals surface area contributed by atoms with Crippen molar-refractivity contribution in [1.82, 2.24) is 5.32 Å². The molecule has 0 heterocycles. The molecule has 1 aromatic rings. The maximum absolute atomic E-state index is 11.6. The largest absolute Gasteiger partial charge is 0.350 e. The molecular formula is C10H11ClINO. The molecule has 14 heavy (non-hydrogen) atoms. The number of hydrogen-bond donors (Lipinski definition) is 1. The smallest absolute Gasteiger partial charge is 0.251 e. The highest BCUT2D eigenvalue weighted by Gasteiger charge is 2.08. The Morgan fingerprint density at radius 1 is 1.50 bits per heavy atom. The summed E-state index contributed by atoms with van der Waals surface area (Å²) in [6, 6.07) is 5.39. The summed E-state index contributed by atoms with van der Waals surface area (Å²) in [5.74, 6) is -0.0606. The fourth-order valence-electron chi connectivity index (χ4n) is 0.983. The topological polar surface area (TPSA) is 29.1 Å². The maximum Gasteiger partial charge on any atom is 0.251 e. The first-order valence-corrected chi connectivity index (χ1v) is 5.72. The van der Waals surface area contributed by atoms with Crippen molar-refractivity contribution in [2.24, 2.45) is 0 Å². The standard InChI is InChI=1S/C10H11ClINO/c1-6(2)13-10(14)7-3-4-8(11)9(12)5-7/h3-6H,1-2H3,(H,13,14). The van der Waals surface area contributed by atoms with Gasteiger partial charge >= 0.3 is 0 Å². The predicted octanol–water partition coefficient (Wildman–Crippen LogP) is 3.08. The second-order valence-electron chi connectivity index (χ2n) is 3.26. The summed E-state index contributed by atoms with van der Waals surface area (Å²) in [5, 5.41) is 3.49. The van der Waals surface area contributed by atoms with Gasteiger partial charge in [-0.25, -0.2) is 0 Å². The van der Waals surface area contributed by atoms with Gasteiger partial charge in [0.05, 0.1) is 5.02 Å². The molecule has 1 rings (SSSR count). The fraction of sp³-hybridized carbons (Fsp3) is 0.300. The van der Waals surface area contributed by atoms with Crippen LogP contribution < -0.4 is 5.32 Å². The van der Waals surface area contributed by atoms with Crippen molar-refractivity contribution >= 4 is 40.1 Å². The Balaban J connectivity index is 2.86. The van der Waals surface area contributed by atoms with Gasteiger partial charge in [-0.15, -0.1) is 0 Å². The van der Waals surface area contributed by atoms with E-state index in [4.69, 9.17) is 11.6 Å². The summed E-state index contributed by atoms with van der Waals surface area (Å²) >= 11 is 7.96. The first-order chi connectivity index (χ1) is 6.50. The number of amides is 1. The van der Waals surface area contributed by atoms with E-state index >= 15 is 0 Å². The van der Waals surface area contributed by atoms with Crippen molar-refractivity contribution in [3.05, 3.63) is 32.4 Å². The number of carbonyl (C=O) groups excluding carboxylic acids is 1. The van der Waals surface area contributed by atoms with E-state index in [1.807, 2.05) is 13.8 Å². The molecule has 0 spiro atoms. The molecule has 0 bridgehead atoms. The maximum atomic E-state index is 11.6. The van der Waals surface area contributed by atoms with Gasteiger partial charge in [-0.05, 0) is 54.6 Å². The van der Waals surface area contributed by atoms with E-state index in [0.29, 0.717) is 10.6 Å². The zero-order chi connectivity index (χ0) is 10.7. The van der Waals surface area contributed by atoms with Crippen LogP contribution in [-0.4, -0.2) is 11.9 Å². The van der Waals surface area contributed by atoms with Crippen molar-refractivity contribution < 1.29 is 4.79 Å². The third-order valence-electron chi connectivity index (χ3n) is 1.60. The van der Waals surface area contributed by atoms with Crippen molar-refractivity contribution in [3.8, 4) is 0 Å². The van der Waals surface area contributed by atoms with Crippen molar-refractivity contribution in [1.29, 1.82) is 0 Å². The van der Waals surface area contributed by atoms with E-state index in [-0.39, 0.29) is 11.9 Å². The van der Waals surface area contributed by atoms with Crippen LogP contribution in [0.5, 0.6) is 0 Å². The van der Waals surface area contributed by atoms with Gasteiger partial charge in [-0.1, -0.05) is 11.6 Å². The van der Waals surface area contributed by atoms with Crippen LogP contribution in [0, 0.1) is 3.57 Å². The van der Waals surface area contributed by atoms with E-state index in [1.165, 1.54) is 0 Å². The number of nitrogens with one attached hydrogen (secondary N) is 1. The fourth-order valence-corrected chi connectivity index (χ4v) is 1.62. The van der Waals surface area contributed by atoms with Crippen LogP contribution in [0.15, 0.2) is 18.2 Å². The first kappa shape index (κ1) is 11.8.